The van der Waals surface area contributed by atoms with Crippen LogP contribution in [-0.4, -0.2) is 25.9 Å². The van der Waals surface area contributed by atoms with E-state index in [1.165, 1.54) is 0 Å². The van der Waals surface area contributed by atoms with Crippen molar-refractivity contribution in [3.05, 3.63) is 29.3 Å². The fraction of sp³-hybridized carbons (Fsp3) is 0.333. The van der Waals surface area contributed by atoms with Gasteiger partial charge in [0.25, 0.3) is 0 Å². The van der Waals surface area contributed by atoms with E-state index in [9.17, 15) is 0 Å². The molecule has 0 aliphatic rings. The van der Waals surface area contributed by atoms with Gasteiger partial charge in [0.05, 0.1) is 26.4 Å². The minimum absolute atomic E-state index is 0.0480. The third-order valence-electron chi connectivity index (χ3n) is 2.21. The van der Waals surface area contributed by atoms with Crippen molar-refractivity contribution >= 4 is 6.08 Å². The fourth-order valence-electron chi connectivity index (χ4n) is 1.43. The van der Waals surface area contributed by atoms with Crippen LogP contribution in [0.2, 0.25) is 0 Å². The summed E-state index contributed by atoms with van der Waals surface area (Å²) >= 11 is 0. The molecule has 16 heavy (non-hydrogen) atoms. The first kappa shape index (κ1) is 12.5. The van der Waals surface area contributed by atoms with E-state index >= 15 is 0 Å². The lowest BCUT2D eigenvalue weighted by Crippen LogP contribution is -1.97. The summed E-state index contributed by atoms with van der Waals surface area (Å²) in [5, 5.41) is 9.10. The summed E-state index contributed by atoms with van der Waals surface area (Å²) in [6.07, 6.45) is 3.66. The quantitative estimate of drug-likeness (QED) is 0.786. The highest BCUT2D eigenvalue weighted by Crippen LogP contribution is 2.31. The Morgan fingerprint density at radius 3 is 2.19 bits per heavy atom. The lowest BCUT2D eigenvalue weighted by molar-refractivity contribution is 0.280. The second-order valence-electron chi connectivity index (χ2n) is 3.21. The molecule has 0 saturated heterocycles. The Morgan fingerprint density at radius 1 is 1.25 bits per heavy atom. The van der Waals surface area contributed by atoms with Gasteiger partial charge < -0.3 is 20.3 Å². The molecule has 1 rings (SSSR count). The van der Waals surface area contributed by atoms with Crippen molar-refractivity contribution < 1.29 is 14.6 Å². The molecule has 0 amide bonds. The Bertz CT molecular complexity index is 350. The van der Waals surface area contributed by atoms with E-state index in [-0.39, 0.29) is 6.61 Å². The van der Waals surface area contributed by atoms with Gasteiger partial charge in [0, 0.05) is 6.54 Å². The normalized spacial score (nSPS) is 10.8. The van der Waals surface area contributed by atoms with Gasteiger partial charge in [-0.15, -0.1) is 0 Å². The fourth-order valence-corrected chi connectivity index (χ4v) is 1.43. The number of nitrogens with two attached hydrogens (primary N) is 1. The summed E-state index contributed by atoms with van der Waals surface area (Å²) in [5.74, 6) is 1.32. The van der Waals surface area contributed by atoms with Crippen LogP contribution in [0.25, 0.3) is 6.08 Å². The number of methoxy groups -OCH3 is 2. The van der Waals surface area contributed by atoms with E-state index in [0.29, 0.717) is 18.0 Å². The molecule has 88 valence electrons. The molecule has 0 aliphatic carbocycles. The van der Waals surface area contributed by atoms with Crippen molar-refractivity contribution in [1.29, 1.82) is 0 Å². The van der Waals surface area contributed by atoms with Crippen molar-refractivity contribution in [2.24, 2.45) is 5.73 Å². The molecule has 0 unspecified atom stereocenters. The lowest BCUT2D eigenvalue weighted by atomic mass is 10.1. The van der Waals surface area contributed by atoms with Crippen molar-refractivity contribution in [2.45, 2.75) is 6.61 Å². The van der Waals surface area contributed by atoms with E-state index in [1.54, 1.807) is 26.4 Å². The number of ether oxygens (including phenoxy) is 2. The zero-order valence-electron chi connectivity index (χ0n) is 9.56. The Balaban J connectivity index is 3.25. The Kier molecular flexibility index (Phi) is 4.82. The molecule has 0 radical (unpaired) electrons. The average Bonchev–Trinajstić information content (AvgIpc) is 2.35. The number of aliphatic hydroxyl groups excluding tert-OH is 1. The molecule has 4 nitrogen and oxygen atoms in total. The van der Waals surface area contributed by atoms with Gasteiger partial charge in [-0.25, -0.2) is 0 Å². The summed E-state index contributed by atoms with van der Waals surface area (Å²) in [4.78, 5) is 0. The predicted octanol–water partition coefficient (Wildman–Crippen LogP) is 1.17. The molecule has 4 heteroatoms. The van der Waals surface area contributed by atoms with Gasteiger partial charge in [-0.3, -0.25) is 0 Å². The zero-order valence-corrected chi connectivity index (χ0v) is 9.56. The van der Waals surface area contributed by atoms with Crippen LogP contribution in [0.1, 0.15) is 11.1 Å². The highest BCUT2D eigenvalue weighted by molar-refractivity contribution is 5.65. The monoisotopic (exact) mass is 223 g/mol. The number of benzene rings is 1. The second-order valence-corrected chi connectivity index (χ2v) is 3.21. The Hall–Kier alpha value is -1.52. The standard InChI is InChI=1S/C12H17NO3/c1-15-11-6-9(8-14)7-12(16-2)10(11)4-3-5-13/h3-4,6-7,14H,5,8,13H2,1-2H3. The molecule has 1 aromatic rings. The predicted molar refractivity (Wildman–Crippen MR) is 63.6 cm³/mol. The zero-order chi connectivity index (χ0) is 12.0. The smallest absolute Gasteiger partial charge is 0.130 e. The first-order valence-corrected chi connectivity index (χ1v) is 4.99. The van der Waals surface area contributed by atoms with Gasteiger partial charge >= 0.3 is 0 Å². The van der Waals surface area contributed by atoms with Gasteiger partial charge in [-0.1, -0.05) is 12.2 Å². The molecular weight excluding hydrogens is 206 g/mol. The third-order valence-corrected chi connectivity index (χ3v) is 2.21. The van der Waals surface area contributed by atoms with Crippen molar-refractivity contribution in [3.8, 4) is 11.5 Å². The molecular formula is C12H17NO3. The number of rotatable bonds is 5. The molecule has 1 aromatic carbocycles. The second kappa shape index (κ2) is 6.15. The highest BCUT2D eigenvalue weighted by atomic mass is 16.5. The summed E-state index contributed by atoms with van der Waals surface area (Å²) in [7, 11) is 3.16. The average molecular weight is 223 g/mol. The van der Waals surface area contributed by atoms with Gasteiger partial charge in [0.1, 0.15) is 11.5 Å². The van der Waals surface area contributed by atoms with Crippen molar-refractivity contribution in [2.75, 3.05) is 20.8 Å². The SMILES string of the molecule is COc1cc(CO)cc(OC)c1C=CCN. The number of aliphatic hydroxyl groups is 1. The van der Waals surface area contributed by atoms with Gasteiger partial charge in [0.2, 0.25) is 0 Å². The largest absolute Gasteiger partial charge is 0.496 e. The summed E-state index contributed by atoms with van der Waals surface area (Å²) < 4.78 is 10.5. The maximum absolute atomic E-state index is 9.10. The van der Waals surface area contributed by atoms with Crippen LogP contribution in [0.4, 0.5) is 0 Å². The van der Waals surface area contributed by atoms with Crippen LogP contribution in [0.5, 0.6) is 11.5 Å². The lowest BCUT2D eigenvalue weighted by Gasteiger charge is -2.12. The first-order valence-electron chi connectivity index (χ1n) is 4.99. The van der Waals surface area contributed by atoms with Crippen LogP contribution < -0.4 is 15.2 Å². The van der Waals surface area contributed by atoms with Crippen LogP contribution in [-0.2, 0) is 6.61 Å². The molecule has 3 N–H and O–H groups in total. The highest BCUT2D eigenvalue weighted by Gasteiger charge is 2.09. The molecule has 0 spiro atoms. The number of hydrogen-bond acceptors (Lipinski definition) is 4. The van der Waals surface area contributed by atoms with E-state index < -0.39 is 0 Å². The topological polar surface area (TPSA) is 64.7 Å². The van der Waals surface area contributed by atoms with Crippen LogP contribution in [0.15, 0.2) is 18.2 Å². The van der Waals surface area contributed by atoms with E-state index in [0.717, 1.165) is 11.1 Å². The Labute approximate surface area is 95.3 Å². The van der Waals surface area contributed by atoms with Crippen LogP contribution in [0, 0.1) is 0 Å². The minimum atomic E-state index is -0.0480. The van der Waals surface area contributed by atoms with Gasteiger partial charge in [-0.2, -0.15) is 0 Å². The van der Waals surface area contributed by atoms with E-state index in [2.05, 4.69) is 0 Å². The van der Waals surface area contributed by atoms with E-state index in [4.69, 9.17) is 20.3 Å². The van der Waals surface area contributed by atoms with Crippen molar-refractivity contribution in [3.63, 3.8) is 0 Å². The van der Waals surface area contributed by atoms with Crippen molar-refractivity contribution in [1.82, 2.24) is 0 Å². The molecule has 0 aliphatic heterocycles. The van der Waals surface area contributed by atoms with Gasteiger partial charge in [-0.05, 0) is 17.7 Å². The molecule has 0 atom stereocenters. The molecule has 0 saturated carbocycles. The molecule has 0 bridgehead atoms. The summed E-state index contributed by atoms with van der Waals surface area (Å²) in [6.45, 7) is 0.404. The minimum Gasteiger partial charge on any atom is -0.496 e. The summed E-state index contributed by atoms with van der Waals surface area (Å²) in [6, 6.07) is 3.55. The maximum Gasteiger partial charge on any atom is 0.130 e. The summed E-state index contributed by atoms with van der Waals surface area (Å²) in [5.41, 5.74) is 6.98. The first-order chi connectivity index (χ1) is 7.76. The van der Waals surface area contributed by atoms with Crippen LogP contribution >= 0.6 is 0 Å². The molecule has 0 heterocycles. The number of hydrogen-bond donors (Lipinski definition) is 2. The third kappa shape index (κ3) is 2.74. The molecule has 0 fully saturated rings. The maximum atomic E-state index is 9.10. The van der Waals surface area contributed by atoms with E-state index in [1.807, 2.05) is 12.2 Å². The Morgan fingerprint density at radius 2 is 1.81 bits per heavy atom. The van der Waals surface area contributed by atoms with Gasteiger partial charge in [0.15, 0.2) is 0 Å². The molecule has 0 aromatic heterocycles. The van der Waals surface area contributed by atoms with Crippen LogP contribution in [0.3, 0.4) is 0 Å².